The molecular weight excluding hydrogens is 623 g/mol. The topological polar surface area (TPSA) is 81.2 Å². The van der Waals surface area contributed by atoms with Crippen LogP contribution in [0.4, 0.5) is 0 Å². The average molecular weight is 652 g/mol. The van der Waals surface area contributed by atoms with Crippen LogP contribution in [0.2, 0.25) is 0 Å². The van der Waals surface area contributed by atoms with Gasteiger partial charge in [-0.3, -0.25) is 0 Å². The summed E-state index contributed by atoms with van der Waals surface area (Å²) in [6, 6.07) is 50.0. The number of fused-ring (bicyclic) bond motifs is 6. The van der Waals surface area contributed by atoms with Crippen molar-refractivity contribution in [3.63, 3.8) is 0 Å². The number of benzene rings is 6. The fraction of sp³-hybridized carbons (Fsp3) is 0.0652. The van der Waals surface area contributed by atoms with Crippen molar-refractivity contribution in [2.45, 2.75) is 19.3 Å². The Kier molecular flexibility index (Phi) is 7.10. The summed E-state index contributed by atoms with van der Waals surface area (Å²) in [7, 11) is 0. The number of nitriles is 3. The lowest BCUT2D eigenvalue weighted by Gasteiger charge is -2.17. The van der Waals surface area contributed by atoms with Gasteiger partial charge in [0.2, 0.25) is 0 Å². The molecule has 2 aromatic heterocycles. The van der Waals surface area contributed by atoms with Crippen LogP contribution in [0.5, 0.6) is 0 Å². The molecule has 0 N–H and O–H groups in total. The Bertz CT molecular complexity index is 2820. The first-order valence-corrected chi connectivity index (χ1v) is 17.1. The van der Waals surface area contributed by atoms with Gasteiger partial charge in [-0.25, -0.2) is 0 Å². The molecule has 0 saturated heterocycles. The summed E-state index contributed by atoms with van der Waals surface area (Å²) in [4.78, 5) is 0. The first kappa shape index (κ1) is 30.0. The number of allylic oxidation sites excluding steroid dienone is 1. The van der Waals surface area contributed by atoms with Gasteiger partial charge < -0.3 is 9.13 Å². The summed E-state index contributed by atoms with van der Waals surface area (Å²) in [5.41, 5.74) is 12.9. The molecule has 0 unspecified atom stereocenters. The second kappa shape index (κ2) is 12.1. The molecular formula is C46H29N5. The van der Waals surface area contributed by atoms with Gasteiger partial charge in [0.15, 0.2) is 0 Å². The summed E-state index contributed by atoms with van der Waals surface area (Å²) >= 11 is 0. The van der Waals surface area contributed by atoms with Crippen molar-refractivity contribution in [2.75, 3.05) is 0 Å². The van der Waals surface area contributed by atoms with E-state index in [1.54, 1.807) is 0 Å². The van der Waals surface area contributed by atoms with E-state index in [-0.39, 0.29) is 0 Å². The lowest BCUT2D eigenvalue weighted by atomic mass is 9.95. The molecule has 51 heavy (non-hydrogen) atoms. The lowest BCUT2D eigenvalue weighted by Crippen LogP contribution is -2.01. The zero-order valence-corrected chi connectivity index (χ0v) is 27.6. The summed E-state index contributed by atoms with van der Waals surface area (Å²) in [6.07, 6.45) is 7.40. The Hall–Kier alpha value is -7.13. The fourth-order valence-corrected chi connectivity index (χ4v) is 7.81. The number of aromatic nitrogens is 2. The van der Waals surface area contributed by atoms with Crippen LogP contribution in [0.1, 0.15) is 40.8 Å². The summed E-state index contributed by atoms with van der Waals surface area (Å²) in [5.74, 6) is 0. The first-order chi connectivity index (χ1) is 25.2. The van der Waals surface area contributed by atoms with Crippen LogP contribution in [0.15, 0.2) is 133 Å². The molecule has 8 aromatic rings. The van der Waals surface area contributed by atoms with Crippen molar-refractivity contribution in [3.8, 4) is 51.8 Å². The van der Waals surface area contributed by atoms with Crippen LogP contribution >= 0.6 is 0 Å². The Morgan fingerprint density at radius 3 is 1.94 bits per heavy atom. The Labute approximate surface area is 295 Å². The van der Waals surface area contributed by atoms with Crippen molar-refractivity contribution in [1.29, 1.82) is 15.8 Å². The summed E-state index contributed by atoms with van der Waals surface area (Å²) < 4.78 is 4.46. The van der Waals surface area contributed by atoms with E-state index in [4.69, 9.17) is 0 Å². The van der Waals surface area contributed by atoms with Crippen molar-refractivity contribution in [3.05, 3.63) is 161 Å². The Morgan fingerprint density at radius 1 is 0.510 bits per heavy atom. The molecule has 238 valence electrons. The van der Waals surface area contributed by atoms with E-state index in [0.717, 1.165) is 91.3 Å². The molecule has 9 rings (SSSR count). The molecule has 0 atom stereocenters. The van der Waals surface area contributed by atoms with E-state index in [1.807, 2.05) is 78.9 Å². The van der Waals surface area contributed by atoms with E-state index in [1.165, 1.54) is 5.56 Å². The number of aryl methyl sites for hydroxylation is 1. The molecule has 2 heterocycles. The fourth-order valence-electron chi connectivity index (χ4n) is 7.81. The predicted molar refractivity (Wildman–Crippen MR) is 205 cm³/mol. The van der Waals surface area contributed by atoms with Gasteiger partial charge in [0.25, 0.3) is 0 Å². The highest BCUT2D eigenvalue weighted by atomic mass is 15.0. The van der Waals surface area contributed by atoms with Crippen LogP contribution < -0.4 is 0 Å². The van der Waals surface area contributed by atoms with E-state index >= 15 is 0 Å². The summed E-state index contributed by atoms with van der Waals surface area (Å²) in [5, 5.41) is 33.6. The molecule has 5 heteroatoms. The van der Waals surface area contributed by atoms with Crippen molar-refractivity contribution < 1.29 is 0 Å². The van der Waals surface area contributed by atoms with Crippen LogP contribution in [-0.2, 0) is 6.42 Å². The van der Waals surface area contributed by atoms with Gasteiger partial charge in [0.1, 0.15) is 6.07 Å². The van der Waals surface area contributed by atoms with Crippen LogP contribution in [0, 0.1) is 34.0 Å². The average Bonchev–Trinajstić information content (AvgIpc) is 3.56. The number of nitrogens with zero attached hydrogens (tertiary/aromatic N) is 5. The van der Waals surface area contributed by atoms with Gasteiger partial charge in [-0.2, -0.15) is 15.8 Å². The number of rotatable bonds is 4. The van der Waals surface area contributed by atoms with Gasteiger partial charge in [0.05, 0.1) is 56.8 Å². The highest BCUT2D eigenvalue weighted by Crippen LogP contribution is 2.39. The Balaban J connectivity index is 1.21. The maximum absolute atomic E-state index is 10.5. The molecule has 0 amide bonds. The van der Waals surface area contributed by atoms with Crippen LogP contribution in [-0.4, -0.2) is 9.13 Å². The van der Waals surface area contributed by atoms with Crippen LogP contribution in [0.25, 0.3) is 72.4 Å². The third-order valence-corrected chi connectivity index (χ3v) is 10.1. The zero-order chi connectivity index (χ0) is 34.5. The molecule has 0 bridgehead atoms. The van der Waals surface area contributed by atoms with Gasteiger partial charge in [-0.05, 0) is 114 Å². The number of hydrogen-bond donors (Lipinski definition) is 0. The van der Waals surface area contributed by atoms with Gasteiger partial charge >= 0.3 is 0 Å². The summed E-state index contributed by atoms with van der Waals surface area (Å²) in [6.45, 7) is 0. The van der Waals surface area contributed by atoms with E-state index in [0.29, 0.717) is 16.7 Å². The quantitative estimate of drug-likeness (QED) is 0.190. The molecule has 0 fully saturated rings. The molecule has 6 aromatic carbocycles. The maximum Gasteiger partial charge on any atom is 0.101 e. The largest absolute Gasteiger partial charge is 0.309 e. The minimum atomic E-state index is 0.575. The highest BCUT2D eigenvalue weighted by Gasteiger charge is 2.21. The maximum atomic E-state index is 10.5. The van der Waals surface area contributed by atoms with Crippen molar-refractivity contribution >= 4 is 38.8 Å². The molecule has 5 nitrogen and oxygen atoms in total. The minimum Gasteiger partial charge on any atom is -0.309 e. The molecule has 0 aliphatic heterocycles. The van der Waals surface area contributed by atoms with Gasteiger partial charge in [-0.1, -0.05) is 66.7 Å². The van der Waals surface area contributed by atoms with Gasteiger partial charge in [-0.15, -0.1) is 0 Å². The molecule has 1 aliphatic rings. The second-order valence-electron chi connectivity index (χ2n) is 13.0. The monoisotopic (exact) mass is 651 g/mol. The minimum absolute atomic E-state index is 0.575. The second-order valence-corrected chi connectivity index (χ2v) is 13.0. The number of hydrogen-bond acceptors (Lipinski definition) is 3. The first-order valence-electron chi connectivity index (χ1n) is 17.1. The van der Waals surface area contributed by atoms with E-state index < -0.39 is 0 Å². The van der Waals surface area contributed by atoms with Crippen molar-refractivity contribution in [1.82, 2.24) is 9.13 Å². The smallest absolute Gasteiger partial charge is 0.101 e. The molecule has 0 radical (unpaired) electrons. The molecule has 0 saturated carbocycles. The van der Waals surface area contributed by atoms with E-state index in [2.05, 4.69) is 88.0 Å². The Morgan fingerprint density at radius 2 is 1.18 bits per heavy atom. The molecule has 0 spiro atoms. The van der Waals surface area contributed by atoms with E-state index in [9.17, 15) is 15.8 Å². The van der Waals surface area contributed by atoms with Crippen molar-refractivity contribution in [2.24, 2.45) is 0 Å². The zero-order valence-electron chi connectivity index (χ0n) is 27.6. The number of para-hydroxylation sites is 2. The predicted octanol–water partition coefficient (Wildman–Crippen LogP) is 11.0. The molecule has 1 aliphatic carbocycles. The van der Waals surface area contributed by atoms with Gasteiger partial charge in [0, 0.05) is 27.4 Å². The highest BCUT2D eigenvalue weighted by molar-refractivity contribution is 6.09. The van der Waals surface area contributed by atoms with Crippen LogP contribution in [0.3, 0.4) is 0 Å². The standard InChI is InChI=1S/C46H29N5/c47-27-30-17-20-45(51-44-14-3-1-2-11-38(44)40-24-31(28-48)18-21-46(40)51)39(23-30)34-10-8-9-32(25-34)33-19-22-41(35(26-33)29-49)50-42-15-6-4-12-36(42)37-13-5-7-16-43(37)50/h3-10,12-26H,1-2,11H2. The third-order valence-electron chi connectivity index (χ3n) is 10.1. The SMILES string of the molecule is N#Cc1ccc(-n2c3c(c4cc(C#N)ccc42)CCCC=C3)c(-c2cccc(-c3ccc(-n4c5ccccc5c5ccccc54)c(C#N)c3)c2)c1. The lowest BCUT2D eigenvalue weighted by molar-refractivity contribution is 0.854. The third kappa shape index (κ3) is 4.82. The normalized spacial score (nSPS) is 12.3.